The summed E-state index contributed by atoms with van der Waals surface area (Å²) in [5.41, 5.74) is -0.0668. The van der Waals surface area contributed by atoms with Crippen molar-refractivity contribution in [3.05, 3.63) is 34.7 Å². The molecule has 0 aliphatic carbocycles. The van der Waals surface area contributed by atoms with Gasteiger partial charge in [0.2, 0.25) is 0 Å². The van der Waals surface area contributed by atoms with Crippen molar-refractivity contribution in [3.63, 3.8) is 0 Å². The average Bonchev–Trinajstić information content (AvgIpc) is 2.90. The fraction of sp³-hybridized carbons (Fsp3) is 0.273. The monoisotopic (exact) mass is 264 g/mol. The van der Waals surface area contributed by atoms with Gasteiger partial charge in [0.1, 0.15) is 10.8 Å². The second-order valence-electron chi connectivity index (χ2n) is 3.57. The van der Waals surface area contributed by atoms with Gasteiger partial charge in [-0.05, 0) is 6.42 Å². The Hall–Kier alpha value is -2.02. The lowest BCUT2D eigenvalue weighted by Gasteiger charge is -2.14. The van der Waals surface area contributed by atoms with Crippen LogP contribution in [-0.2, 0) is 0 Å². The predicted octanol–water partition coefficient (Wildman–Crippen LogP) is 2.19. The fourth-order valence-electron chi connectivity index (χ4n) is 1.44. The molecule has 2 aromatic rings. The van der Waals surface area contributed by atoms with Gasteiger partial charge in [-0.15, -0.1) is 11.3 Å². The lowest BCUT2D eigenvalue weighted by Crippen LogP contribution is -2.11. The molecule has 0 aromatic carbocycles. The molecule has 1 atom stereocenters. The molecule has 0 spiro atoms. The number of aromatic carboxylic acids is 1. The maximum absolute atomic E-state index is 10.6. The summed E-state index contributed by atoms with van der Waals surface area (Å²) in [6.07, 6.45) is 5.26. The number of carboxylic acids is 1. The summed E-state index contributed by atoms with van der Waals surface area (Å²) < 4.78 is 0. The van der Waals surface area contributed by atoms with E-state index in [2.05, 4.69) is 20.3 Å². The lowest BCUT2D eigenvalue weighted by atomic mass is 10.2. The summed E-state index contributed by atoms with van der Waals surface area (Å²) >= 11 is 1.57. The molecule has 2 rings (SSSR count). The number of hydrogen-bond donors (Lipinski definition) is 2. The molecule has 1 unspecified atom stereocenters. The fourth-order valence-corrected chi connectivity index (χ4v) is 2.21. The van der Waals surface area contributed by atoms with Crippen molar-refractivity contribution in [3.8, 4) is 0 Å². The second-order valence-corrected chi connectivity index (χ2v) is 4.49. The van der Waals surface area contributed by atoms with Gasteiger partial charge in [-0.2, -0.15) is 0 Å². The molecule has 0 amide bonds. The maximum atomic E-state index is 10.6. The van der Waals surface area contributed by atoms with Crippen LogP contribution in [0.3, 0.4) is 0 Å². The first-order valence-electron chi connectivity index (χ1n) is 5.42. The highest BCUT2D eigenvalue weighted by Gasteiger charge is 2.13. The van der Waals surface area contributed by atoms with E-state index in [4.69, 9.17) is 5.11 Å². The van der Waals surface area contributed by atoms with Crippen molar-refractivity contribution in [2.45, 2.75) is 19.4 Å². The molecule has 0 radical (unpaired) electrons. The lowest BCUT2D eigenvalue weighted by molar-refractivity contribution is 0.0690. The van der Waals surface area contributed by atoms with E-state index in [-0.39, 0.29) is 11.7 Å². The topological polar surface area (TPSA) is 88.0 Å². The van der Waals surface area contributed by atoms with Gasteiger partial charge in [-0.1, -0.05) is 6.92 Å². The minimum absolute atomic E-state index is 0.0648. The molecule has 0 saturated carbocycles. The Bertz CT molecular complexity index is 512. The third-order valence-electron chi connectivity index (χ3n) is 2.35. The van der Waals surface area contributed by atoms with Crippen LogP contribution in [-0.4, -0.2) is 26.0 Å². The molecular weight excluding hydrogens is 252 g/mol. The molecule has 6 nitrogen and oxygen atoms in total. The summed E-state index contributed by atoms with van der Waals surface area (Å²) in [7, 11) is 0. The maximum Gasteiger partial charge on any atom is 0.356 e. The molecule has 0 saturated heterocycles. The van der Waals surface area contributed by atoms with Crippen LogP contribution in [0, 0.1) is 0 Å². The Morgan fingerprint density at radius 1 is 1.44 bits per heavy atom. The second kappa shape index (κ2) is 5.54. The average molecular weight is 264 g/mol. The molecule has 18 heavy (non-hydrogen) atoms. The first kappa shape index (κ1) is 12.4. The van der Waals surface area contributed by atoms with Crippen molar-refractivity contribution >= 4 is 23.1 Å². The quantitative estimate of drug-likeness (QED) is 0.860. The van der Waals surface area contributed by atoms with E-state index in [1.54, 1.807) is 17.5 Å². The van der Waals surface area contributed by atoms with Crippen LogP contribution in [0.5, 0.6) is 0 Å². The van der Waals surface area contributed by atoms with E-state index in [1.807, 2.05) is 12.3 Å². The van der Waals surface area contributed by atoms with E-state index in [0.717, 1.165) is 11.4 Å². The minimum atomic E-state index is -1.08. The molecule has 2 aromatic heterocycles. The first-order valence-corrected chi connectivity index (χ1v) is 6.30. The summed E-state index contributed by atoms with van der Waals surface area (Å²) in [6, 6.07) is 0.0648. The van der Waals surface area contributed by atoms with Crippen molar-refractivity contribution < 1.29 is 9.90 Å². The highest BCUT2D eigenvalue weighted by Crippen LogP contribution is 2.22. The Kier molecular flexibility index (Phi) is 3.83. The molecule has 2 N–H and O–H groups in total. The van der Waals surface area contributed by atoms with Crippen LogP contribution >= 0.6 is 11.3 Å². The zero-order valence-corrected chi connectivity index (χ0v) is 10.5. The zero-order valence-electron chi connectivity index (χ0n) is 9.70. The van der Waals surface area contributed by atoms with E-state index in [0.29, 0.717) is 5.82 Å². The summed E-state index contributed by atoms with van der Waals surface area (Å²) in [4.78, 5) is 22.7. The van der Waals surface area contributed by atoms with Crippen molar-refractivity contribution in [1.82, 2.24) is 15.0 Å². The number of thiazole rings is 1. The standard InChI is InChI=1S/C11H12N4O2S/c1-2-7(10-12-3-4-18-10)15-9-6-13-8(5-14-9)11(16)17/h3-7H,2H2,1H3,(H,14,15)(H,16,17). The number of carboxylic acid groups (broad SMARTS) is 1. The zero-order chi connectivity index (χ0) is 13.0. The van der Waals surface area contributed by atoms with E-state index >= 15 is 0 Å². The van der Waals surface area contributed by atoms with Crippen LogP contribution in [0.15, 0.2) is 24.0 Å². The first-order chi connectivity index (χ1) is 8.70. The molecule has 0 fully saturated rings. The Morgan fingerprint density at radius 2 is 2.28 bits per heavy atom. The number of aromatic nitrogens is 3. The summed E-state index contributed by atoms with van der Waals surface area (Å²) in [6.45, 7) is 2.04. The molecular formula is C11H12N4O2S. The predicted molar refractivity (Wildman–Crippen MR) is 67.8 cm³/mol. The van der Waals surface area contributed by atoms with Crippen LogP contribution in [0.4, 0.5) is 5.82 Å². The number of carbonyl (C=O) groups is 1. The Balaban J connectivity index is 2.10. The normalized spacial score (nSPS) is 12.1. The minimum Gasteiger partial charge on any atom is -0.476 e. The smallest absolute Gasteiger partial charge is 0.356 e. The number of rotatable bonds is 5. The van der Waals surface area contributed by atoms with Crippen LogP contribution in [0.2, 0.25) is 0 Å². The van der Waals surface area contributed by atoms with Gasteiger partial charge in [-0.3, -0.25) is 0 Å². The van der Waals surface area contributed by atoms with Crippen molar-refractivity contribution in [2.24, 2.45) is 0 Å². The van der Waals surface area contributed by atoms with Gasteiger partial charge in [0.05, 0.1) is 18.4 Å². The van der Waals surface area contributed by atoms with Gasteiger partial charge in [0.25, 0.3) is 0 Å². The van der Waals surface area contributed by atoms with Crippen LogP contribution in [0.1, 0.15) is 34.9 Å². The van der Waals surface area contributed by atoms with E-state index < -0.39 is 5.97 Å². The molecule has 0 bridgehead atoms. The largest absolute Gasteiger partial charge is 0.476 e. The number of nitrogens with one attached hydrogen (secondary N) is 1. The molecule has 7 heteroatoms. The molecule has 94 valence electrons. The van der Waals surface area contributed by atoms with E-state index in [1.165, 1.54) is 12.4 Å². The number of anilines is 1. The third-order valence-corrected chi connectivity index (χ3v) is 3.24. The Morgan fingerprint density at radius 3 is 2.78 bits per heavy atom. The summed E-state index contributed by atoms with van der Waals surface area (Å²) in [5, 5.41) is 14.8. The van der Waals surface area contributed by atoms with Gasteiger partial charge in [0.15, 0.2) is 5.69 Å². The molecule has 2 heterocycles. The summed E-state index contributed by atoms with van der Waals surface area (Å²) in [5.74, 6) is -0.539. The van der Waals surface area contributed by atoms with Gasteiger partial charge < -0.3 is 10.4 Å². The van der Waals surface area contributed by atoms with Crippen molar-refractivity contribution in [1.29, 1.82) is 0 Å². The molecule has 0 aliphatic heterocycles. The third kappa shape index (κ3) is 2.80. The van der Waals surface area contributed by atoms with Gasteiger partial charge in [-0.25, -0.2) is 19.7 Å². The van der Waals surface area contributed by atoms with E-state index in [9.17, 15) is 4.79 Å². The number of hydrogen-bond acceptors (Lipinski definition) is 6. The highest BCUT2D eigenvalue weighted by atomic mass is 32.1. The number of nitrogens with zero attached hydrogens (tertiary/aromatic N) is 3. The van der Waals surface area contributed by atoms with Gasteiger partial charge >= 0.3 is 5.97 Å². The SMILES string of the molecule is CCC(Nc1cnc(C(=O)O)cn1)c1nccs1. The van der Waals surface area contributed by atoms with Crippen LogP contribution in [0.25, 0.3) is 0 Å². The van der Waals surface area contributed by atoms with Crippen LogP contribution < -0.4 is 5.32 Å². The Labute approximate surface area is 108 Å². The van der Waals surface area contributed by atoms with Gasteiger partial charge in [0, 0.05) is 11.6 Å². The van der Waals surface area contributed by atoms with Crippen molar-refractivity contribution in [2.75, 3.05) is 5.32 Å². The highest BCUT2D eigenvalue weighted by molar-refractivity contribution is 7.09. The molecule has 0 aliphatic rings.